The van der Waals surface area contributed by atoms with Crippen LogP contribution in [0.15, 0.2) is 54.9 Å². The van der Waals surface area contributed by atoms with E-state index < -0.39 is 0 Å². The standard InChI is InChI=1S/C19H16N6O2S/c1-12-17(13-6-8-16(27-2)9-7-13)21-19(28-12)22-18(26)14-4-3-5-15(10-14)25-11-20-23-24-25/h3-11H,1-2H3,(H,21,22,26). The number of hydrogen-bond donors (Lipinski definition) is 1. The maximum atomic E-state index is 12.7. The number of ether oxygens (including phenoxy) is 1. The number of nitrogens with one attached hydrogen (secondary N) is 1. The van der Waals surface area contributed by atoms with Gasteiger partial charge in [-0.1, -0.05) is 6.07 Å². The highest BCUT2D eigenvalue weighted by molar-refractivity contribution is 7.16. The van der Waals surface area contributed by atoms with Crippen LogP contribution in [0.3, 0.4) is 0 Å². The van der Waals surface area contributed by atoms with E-state index in [0.29, 0.717) is 16.4 Å². The number of benzene rings is 2. The number of rotatable bonds is 5. The van der Waals surface area contributed by atoms with E-state index in [9.17, 15) is 4.79 Å². The zero-order chi connectivity index (χ0) is 19.5. The van der Waals surface area contributed by atoms with Crippen molar-refractivity contribution < 1.29 is 9.53 Å². The first-order valence-corrected chi connectivity index (χ1v) is 9.22. The number of carbonyl (C=O) groups excluding carboxylic acids is 1. The Bertz CT molecular complexity index is 1110. The number of nitrogens with zero attached hydrogens (tertiary/aromatic N) is 5. The number of aryl methyl sites for hydroxylation is 1. The van der Waals surface area contributed by atoms with Crippen LogP contribution in [-0.4, -0.2) is 38.2 Å². The van der Waals surface area contributed by atoms with Crippen LogP contribution in [0.4, 0.5) is 5.13 Å². The zero-order valence-corrected chi connectivity index (χ0v) is 16.0. The molecule has 0 radical (unpaired) electrons. The molecular weight excluding hydrogens is 376 g/mol. The number of anilines is 1. The molecule has 2 heterocycles. The van der Waals surface area contributed by atoms with Crippen LogP contribution in [-0.2, 0) is 0 Å². The van der Waals surface area contributed by atoms with Gasteiger partial charge >= 0.3 is 0 Å². The van der Waals surface area contributed by atoms with Crippen LogP contribution in [0, 0.1) is 6.92 Å². The van der Waals surface area contributed by atoms with Crippen molar-refractivity contribution >= 4 is 22.4 Å². The third kappa shape index (κ3) is 3.60. The molecule has 0 aliphatic heterocycles. The molecule has 0 spiro atoms. The lowest BCUT2D eigenvalue weighted by molar-refractivity contribution is 0.102. The van der Waals surface area contributed by atoms with Gasteiger partial charge in [0.2, 0.25) is 0 Å². The fourth-order valence-electron chi connectivity index (χ4n) is 2.71. The lowest BCUT2D eigenvalue weighted by atomic mass is 10.1. The lowest BCUT2D eigenvalue weighted by Gasteiger charge is -2.04. The molecular formula is C19H16N6O2S. The Kier molecular flexibility index (Phi) is 4.81. The molecule has 4 rings (SSSR count). The summed E-state index contributed by atoms with van der Waals surface area (Å²) in [7, 11) is 1.63. The summed E-state index contributed by atoms with van der Waals surface area (Å²) in [6.07, 6.45) is 1.47. The predicted octanol–water partition coefficient (Wildman–Crippen LogP) is 3.36. The molecule has 0 aliphatic rings. The van der Waals surface area contributed by atoms with Crippen LogP contribution in [0.25, 0.3) is 16.9 Å². The van der Waals surface area contributed by atoms with E-state index in [-0.39, 0.29) is 5.91 Å². The summed E-state index contributed by atoms with van der Waals surface area (Å²) >= 11 is 1.43. The van der Waals surface area contributed by atoms with E-state index in [1.165, 1.54) is 22.3 Å². The van der Waals surface area contributed by atoms with Crippen molar-refractivity contribution in [3.05, 3.63) is 65.3 Å². The predicted molar refractivity (Wildman–Crippen MR) is 106 cm³/mol. The summed E-state index contributed by atoms with van der Waals surface area (Å²) in [6, 6.07) is 14.7. The summed E-state index contributed by atoms with van der Waals surface area (Å²) in [5, 5.41) is 14.5. The van der Waals surface area contributed by atoms with E-state index in [2.05, 4.69) is 25.8 Å². The van der Waals surface area contributed by atoms with Crippen LogP contribution >= 0.6 is 11.3 Å². The smallest absolute Gasteiger partial charge is 0.257 e. The number of hydrogen-bond acceptors (Lipinski definition) is 7. The first-order valence-electron chi connectivity index (χ1n) is 8.40. The molecule has 140 valence electrons. The lowest BCUT2D eigenvalue weighted by Crippen LogP contribution is -2.12. The maximum Gasteiger partial charge on any atom is 0.257 e. The van der Waals surface area contributed by atoms with Crippen molar-refractivity contribution in [1.82, 2.24) is 25.2 Å². The van der Waals surface area contributed by atoms with Gasteiger partial charge in [-0.05, 0) is 59.8 Å². The molecule has 0 saturated heterocycles. The summed E-state index contributed by atoms with van der Waals surface area (Å²) < 4.78 is 6.68. The van der Waals surface area contributed by atoms with Gasteiger partial charge in [0.1, 0.15) is 12.1 Å². The number of thiazole rings is 1. The molecule has 2 aromatic carbocycles. The Balaban J connectivity index is 1.55. The summed E-state index contributed by atoms with van der Waals surface area (Å²) in [5.74, 6) is 0.539. The van der Waals surface area contributed by atoms with Crippen molar-refractivity contribution in [1.29, 1.82) is 0 Å². The molecule has 1 amide bonds. The van der Waals surface area contributed by atoms with Gasteiger partial charge in [-0.15, -0.1) is 16.4 Å². The molecule has 8 nitrogen and oxygen atoms in total. The van der Waals surface area contributed by atoms with E-state index >= 15 is 0 Å². The van der Waals surface area contributed by atoms with Gasteiger partial charge in [-0.25, -0.2) is 9.67 Å². The quantitative estimate of drug-likeness (QED) is 0.560. The average molecular weight is 392 g/mol. The van der Waals surface area contributed by atoms with Gasteiger partial charge in [-0.2, -0.15) is 0 Å². The highest BCUT2D eigenvalue weighted by Crippen LogP contribution is 2.31. The van der Waals surface area contributed by atoms with E-state index in [0.717, 1.165) is 21.9 Å². The minimum Gasteiger partial charge on any atom is -0.497 e. The van der Waals surface area contributed by atoms with Crippen molar-refractivity contribution in [2.45, 2.75) is 6.92 Å². The molecule has 0 unspecified atom stereocenters. The third-order valence-electron chi connectivity index (χ3n) is 4.10. The third-order valence-corrected chi connectivity index (χ3v) is 4.99. The van der Waals surface area contributed by atoms with Gasteiger partial charge in [-0.3, -0.25) is 10.1 Å². The Morgan fingerprint density at radius 1 is 1.18 bits per heavy atom. The first-order chi connectivity index (χ1) is 13.6. The molecule has 0 bridgehead atoms. The molecule has 9 heteroatoms. The van der Waals surface area contributed by atoms with Crippen molar-refractivity contribution in [2.24, 2.45) is 0 Å². The van der Waals surface area contributed by atoms with Crippen LogP contribution in [0.1, 0.15) is 15.2 Å². The molecule has 0 saturated carbocycles. The van der Waals surface area contributed by atoms with Crippen LogP contribution in [0.2, 0.25) is 0 Å². The minimum absolute atomic E-state index is 0.245. The topological polar surface area (TPSA) is 94.8 Å². The number of aromatic nitrogens is 5. The molecule has 0 aliphatic carbocycles. The fraction of sp³-hybridized carbons (Fsp3) is 0.105. The highest BCUT2D eigenvalue weighted by Gasteiger charge is 2.14. The fourth-order valence-corrected chi connectivity index (χ4v) is 3.54. The second-order valence-electron chi connectivity index (χ2n) is 5.91. The SMILES string of the molecule is COc1ccc(-c2nc(NC(=O)c3cccc(-n4cnnn4)c3)sc2C)cc1. The summed E-state index contributed by atoms with van der Waals surface area (Å²) in [4.78, 5) is 18.3. The van der Waals surface area contributed by atoms with Crippen molar-refractivity contribution in [3.63, 3.8) is 0 Å². The normalized spacial score (nSPS) is 10.6. The highest BCUT2D eigenvalue weighted by atomic mass is 32.1. The second-order valence-corrected chi connectivity index (χ2v) is 7.11. The summed E-state index contributed by atoms with van der Waals surface area (Å²) in [5.41, 5.74) is 3.00. The maximum absolute atomic E-state index is 12.7. The minimum atomic E-state index is -0.245. The van der Waals surface area contributed by atoms with Gasteiger partial charge in [0.25, 0.3) is 5.91 Å². The number of amides is 1. The largest absolute Gasteiger partial charge is 0.497 e. The van der Waals surface area contributed by atoms with Crippen LogP contribution in [0.5, 0.6) is 5.75 Å². The summed E-state index contributed by atoms with van der Waals surface area (Å²) in [6.45, 7) is 1.98. The Morgan fingerprint density at radius 3 is 2.71 bits per heavy atom. The Labute approximate surface area is 164 Å². The number of carbonyl (C=O) groups is 1. The number of methoxy groups -OCH3 is 1. The number of tetrazole rings is 1. The molecule has 4 aromatic rings. The van der Waals surface area contributed by atoms with Gasteiger partial charge in [0.05, 0.1) is 18.5 Å². The van der Waals surface area contributed by atoms with E-state index in [1.54, 1.807) is 25.3 Å². The molecule has 0 fully saturated rings. The van der Waals surface area contributed by atoms with Gasteiger partial charge in [0.15, 0.2) is 5.13 Å². The second kappa shape index (κ2) is 7.57. The van der Waals surface area contributed by atoms with Crippen molar-refractivity contribution in [3.8, 4) is 22.7 Å². The first kappa shape index (κ1) is 17.8. The van der Waals surface area contributed by atoms with Crippen molar-refractivity contribution in [2.75, 3.05) is 12.4 Å². The Hall–Kier alpha value is -3.59. The molecule has 1 N–H and O–H groups in total. The van der Waals surface area contributed by atoms with Crippen LogP contribution < -0.4 is 10.1 Å². The molecule has 2 aromatic heterocycles. The van der Waals surface area contributed by atoms with E-state index in [4.69, 9.17) is 4.74 Å². The van der Waals surface area contributed by atoms with Gasteiger partial charge in [0, 0.05) is 16.0 Å². The van der Waals surface area contributed by atoms with E-state index in [1.807, 2.05) is 37.3 Å². The Morgan fingerprint density at radius 2 is 2.00 bits per heavy atom. The zero-order valence-electron chi connectivity index (χ0n) is 15.2. The monoisotopic (exact) mass is 392 g/mol. The average Bonchev–Trinajstić information content (AvgIpc) is 3.38. The molecule has 28 heavy (non-hydrogen) atoms. The molecule has 0 atom stereocenters. The van der Waals surface area contributed by atoms with Gasteiger partial charge < -0.3 is 4.74 Å².